The molecule has 4 rings (SSSR count). The fourth-order valence-electron chi connectivity index (χ4n) is 5.47. The predicted molar refractivity (Wildman–Crippen MR) is 174 cm³/mol. The number of ether oxygens (including phenoxy) is 1. The number of methoxy groups -OCH3 is 1. The highest BCUT2D eigenvalue weighted by atomic mass is 79.9. The smallest absolute Gasteiger partial charge is 0.244 e. The number of benzene rings is 3. The minimum Gasteiger partial charge on any atom is -0.495 e. The molecule has 0 saturated heterocycles. The first-order valence-electron chi connectivity index (χ1n) is 14.6. The molecule has 1 aliphatic carbocycles. The lowest BCUT2D eigenvalue weighted by atomic mass is 9.94. The van der Waals surface area contributed by atoms with Crippen LogP contribution in [0.1, 0.15) is 48.8 Å². The van der Waals surface area contributed by atoms with E-state index in [-0.39, 0.29) is 30.6 Å². The molecule has 0 spiro atoms. The zero-order chi connectivity index (χ0) is 31.0. The van der Waals surface area contributed by atoms with Gasteiger partial charge >= 0.3 is 0 Å². The monoisotopic (exact) mass is 669 g/mol. The quantitative estimate of drug-likeness (QED) is 0.270. The third-order valence-corrected chi connectivity index (χ3v) is 9.43. The molecule has 3 aromatic rings. The molecule has 1 atom stereocenters. The lowest BCUT2D eigenvalue weighted by Gasteiger charge is -2.35. The summed E-state index contributed by atoms with van der Waals surface area (Å²) in [4.78, 5) is 29.9. The van der Waals surface area contributed by atoms with Gasteiger partial charge in [0.05, 0.1) is 19.1 Å². The molecule has 3 aromatic carbocycles. The van der Waals surface area contributed by atoms with E-state index < -0.39 is 28.5 Å². The summed E-state index contributed by atoms with van der Waals surface area (Å²) in [6.07, 6.45) is 6.41. The van der Waals surface area contributed by atoms with E-state index in [2.05, 4.69) is 21.2 Å². The third kappa shape index (κ3) is 9.06. The van der Waals surface area contributed by atoms with E-state index >= 15 is 0 Å². The average Bonchev–Trinajstić information content (AvgIpc) is 2.99. The van der Waals surface area contributed by atoms with Gasteiger partial charge in [0.15, 0.2) is 0 Å². The lowest BCUT2D eigenvalue weighted by Crippen LogP contribution is -2.55. The maximum Gasteiger partial charge on any atom is 0.244 e. The summed E-state index contributed by atoms with van der Waals surface area (Å²) >= 11 is 3.46. The van der Waals surface area contributed by atoms with Gasteiger partial charge < -0.3 is 15.0 Å². The minimum absolute atomic E-state index is 0.0493. The van der Waals surface area contributed by atoms with Crippen LogP contribution in [0.15, 0.2) is 77.3 Å². The molecule has 1 fully saturated rings. The first-order chi connectivity index (χ1) is 20.5. The van der Waals surface area contributed by atoms with Crippen LogP contribution in [0.2, 0.25) is 0 Å². The SMILES string of the molecule is COc1ccc(C)cc1N(CC(=O)N(Cc1ccc(Br)cc1)[C@H](Cc1ccccc1)C(=O)NC1CCCCC1)S(C)(=O)=O. The Morgan fingerprint density at radius 3 is 2.28 bits per heavy atom. The highest BCUT2D eigenvalue weighted by Crippen LogP contribution is 2.31. The fraction of sp³-hybridized carbons (Fsp3) is 0.394. The molecule has 10 heteroatoms. The van der Waals surface area contributed by atoms with Gasteiger partial charge in [-0.3, -0.25) is 13.9 Å². The molecule has 0 aromatic heterocycles. The molecule has 0 heterocycles. The summed E-state index contributed by atoms with van der Waals surface area (Å²) in [5, 5.41) is 3.22. The van der Waals surface area contributed by atoms with Crippen LogP contribution >= 0.6 is 15.9 Å². The van der Waals surface area contributed by atoms with Crippen LogP contribution in [0.5, 0.6) is 5.75 Å². The summed E-state index contributed by atoms with van der Waals surface area (Å²) in [5.74, 6) is -0.393. The minimum atomic E-state index is -3.90. The summed E-state index contributed by atoms with van der Waals surface area (Å²) in [7, 11) is -2.44. The number of aryl methyl sites for hydroxylation is 1. The highest BCUT2D eigenvalue weighted by molar-refractivity contribution is 9.10. The Bertz CT molecular complexity index is 1490. The lowest BCUT2D eigenvalue weighted by molar-refractivity contribution is -0.140. The Morgan fingerprint density at radius 2 is 1.65 bits per heavy atom. The van der Waals surface area contributed by atoms with Gasteiger partial charge in [0.25, 0.3) is 0 Å². The molecule has 230 valence electrons. The third-order valence-electron chi connectivity index (χ3n) is 7.77. The molecule has 1 N–H and O–H groups in total. The maximum absolute atomic E-state index is 14.3. The van der Waals surface area contributed by atoms with Crippen molar-refractivity contribution >= 4 is 43.5 Å². The van der Waals surface area contributed by atoms with Gasteiger partial charge in [0.2, 0.25) is 21.8 Å². The van der Waals surface area contributed by atoms with Crippen LogP contribution in [0.4, 0.5) is 5.69 Å². The molecular formula is C33H40BrN3O5S. The van der Waals surface area contributed by atoms with Crippen LogP contribution in [-0.2, 0) is 32.6 Å². The number of anilines is 1. The molecule has 8 nitrogen and oxygen atoms in total. The van der Waals surface area contributed by atoms with Gasteiger partial charge in [-0.05, 0) is 60.7 Å². The molecule has 0 bridgehead atoms. The van der Waals surface area contributed by atoms with Crippen LogP contribution in [0.3, 0.4) is 0 Å². The maximum atomic E-state index is 14.3. The highest BCUT2D eigenvalue weighted by Gasteiger charge is 2.34. The van der Waals surface area contributed by atoms with E-state index in [9.17, 15) is 18.0 Å². The number of hydrogen-bond donors (Lipinski definition) is 1. The molecule has 0 unspecified atom stereocenters. The Balaban J connectivity index is 1.75. The van der Waals surface area contributed by atoms with Crippen LogP contribution in [0, 0.1) is 6.92 Å². The van der Waals surface area contributed by atoms with Crippen molar-refractivity contribution < 1.29 is 22.7 Å². The van der Waals surface area contributed by atoms with E-state index in [0.717, 1.165) is 63.8 Å². The summed E-state index contributed by atoms with van der Waals surface area (Å²) in [6, 6.07) is 21.5. The summed E-state index contributed by atoms with van der Waals surface area (Å²) in [6.45, 7) is 1.48. The van der Waals surface area contributed by atoms with Crippen LogP contribution in [-0.4, -0.2) is 57.1 Å². The molecule has 1 saturated carbocycles. The van der Waals surface area contributed by atoms with Gasteiger partial charge in [0.1, 0.15) is 18.3 Å². The topological polar surface area (TPSA) is 96.0 Å². The second-order valence-electron chi connectivity index (χ2n) is 11.1. The van der Waals surface area contributed by atoms with E-state index in [1.807, 2.05) is 67.6 Å². The Morgan fingerprint density at radius 1 is 0.977 bits per heavy atom. The van der Waals surface area contributed by atoms with Crippen molar-refractivity contribution in [2.75, 3.05) is 24.2 Å². The average molecular weight is 671 g/mol. The molecule has 2 amide bonds. The van der Waals surface area contributed by atoms with Crippen molar-refractivity contribution in [2.45, 2.75) is 64.1 Å². The first-order valence-corrected chi connectivity index (χ1v) is 17.2. The van der Waals surface area contributed by atoms with Gasteiger partial charge in [-0.2, -0.15) is 0 Å². The zero-order valence-corrected chi connectivity index (χ0v) is 27.4. The second kappa shape index (κ2) is 14.9. The number of amides is 2. The van der Waals surface area contributed by atoms with E-state index in [4.69, 9.17) is 4.74 Å². The number of carbonyl (C=O) groups excluding carboxylic acids is 2. The van der Waals surface area contributed by atoms with E-state index in [0.29, 0.717) is 5.75 Å². The Labute approximate surface area is 263 Å². The van der Waals surface area contributed by atoms with Crippen molar-refractivity contribution in [1.82, 2.24) is 10.2 Å². The van der Waals surface area contributed by atoms with Crippen molar-refractivity contribution in [1.29, 1.82) is 0 Å². The number of sulfonamides is 1. The van der Waals surface area contributed by atoms with Crippen LogP contribution in [0.25, 0.3) is 0 Å². The largest absolute Gasteiger partial charge is 0.495 e. The van der Waals surface area contributed by atoms with Crippen molar-refractivity contribution in [3.05, 3.63) is 94.0 Å². The molecule has 43 heavy (non-hydrogen) atoms. The van der Waals surface area contributed by atoms with Crippen molar-refractivity contribution in [2.24, 2.45) is 0 Å². The van der Waals surface area contributed by atoms with Gasteiger partial charge in [0, 0.05) is 23.5 Å². The number of rotatable bonds is 12. The predicted octanol–water partition coefficient (Wildman–Crippen LogP) is 5.62. The van der Waals surface area contributed by atoms with Gasteiger partial charge in [-0.1, -0.05) is 83.7 Å². The first kappa shape index (κ1) is 32.5. The molecule has 1 aliphatic rings. The zero-order valence-electron chi connectivity index (χ0n) is 25.0. The standard InChI is InChI=1S/C33H40BrN3O5S/c1-24-14-19-31(42-2)29(20-24)37(43(3,40)41)23-32(38)36(22-26-15-17-27(34)18-16-26)30(21-25-10-6-4-7-11-25)33(39)35-28-12-8-5-9-13-28/h4,6-7,10-11,14-20,28,30H,5,8-9,12-13,21-23H2,1-3H3,(H,35,39)/t30-/m1/s1. The second-order valence-corrected chi connectivity index (χ2v) is 14.0. The van der Waals surface area contributed by atoms with E-state index in [1.54, 1.807) is 12.1 Å². The molecule has 0 radical (unpaired) electrons. The van der Waals surface area contributed by atoms with Crippen LogP contribution < -0.4 is 14.4 Å². The van der Waals surface area contributed by atoms with E-state index in [1.165, 1.54) is 12.0 Å². The Kier molecular flexibility index (Phi) is 11.3. The summed E-state index contributed by atoms with van der Waals surface area (Å²) in [5.41, 5.74) is 2.81. The number of halogens is 1. The fourth-order valence-corrected chi connectivity index (χ4v) is 6.58. The van der Waals surface area contributed by atoms with Crippen molar-refractivity contribution in [3.8, 4) is 5.75 Å². The van der Waals surface area contributed by atoms with Gasteiger partial charge in [-0.25, -0.2) is 8.42 Å². The Hall–Kier alpha value is -3.37. The number of carbonyl (C=O) groups is 2. The number of hydrogen-bond acceptors (Lipinski definition) is 5. The molecule has 0 aliphatic heterocycles. The number of nitrogens with zero attached hydrogens (tertiary/aromatic N) is 2. The number of nitrogens with one attached hydrogen (secondary N) is 1. The van der Waals surface area contributed by atoms with Crippen molar-refractivity contribution in [3.63, 3.8) is 0 Å². The summed E-state index contributed by atoms with van der Waals surface area (Å²) < 4.78 is 33.7. The molecular weight excluding hydrogens is 630 g/mol. The normalized spacial score (nSPS) is 14.5. The van der Waals surface area contributed by atoms with Gasteiger partial charge in [-0.15, -0.1) is 0 Å².